The van der Waals surface area contributed by atoms with E-state index in [1.165, 1.54) is 16.7 Å². The molecule has 1 aromatic heterocycles. The number of nitrogens with one attached hydrogen (secondary N) is 1. The third-order valence-electron chi connectivity index (χ3n) is 3.08. The molecule has 0 amide bonds. The lowest BCUT2D eigenvalue weighted by Crippen LogP contribution is -2.23. The van der Waals surface area contributed by atoms with Gasteiger partial charge >= 0.3 is 0 Å². The van der Waals surface area contributed by atoms with Gasteiger partial charge < -0.3 is 5.32 Å². The van der Waals surface area contributed by atoms with E-state index >= 15 is 0 Å². The first kappa shape index (κ1) is 13.2. The Morgan fingerprint density at radius 3 is 2.61 bits per heavy atom. The number of aryl methyl sites for hydroxylation is 3. The van der Waals surface area contributed by atoms with Crippen LogP contribution in [-0.2, 0) is 0 Å². The first-order chi connectivity index (χ1) is 8.61. The fourth-order valence-corrected chi connectivity index (χ4v) is 2.88. The fourth-order valence-electron chi connectivity index (χ4n) is 2.24. The van der Waals surface area contributed by atoms with Gasteiger partial charge in [0.15, 0.2) is 0 Å². The van der Waals surface area contributed by atoms with Crippen LogP contribution in [0.3, 0.4) is 0 Å². The summed E-state index contributed by atoms with van der Waals surface area (Å²) >= 11 is 1.71. The summed E-state index contributed by atoms with van der Waals surface area (Å²) in [6, 6.07) is 6.83. The molecule has 0 aliphatic heterocycles. The standard InChI is InChI=1S/C15H20N2S/c1-5-16-15(14-9-18-12(4)17-14)13-7-6-10(2)8-11(13)3/h6-9,15-16H,5H2,1-4H3. The van der Waals surface area contributed by atoms with Gasteiger partial charge in [-0.25, -0.2) is 4.98 Å². The summed E-state index contributed by atoms with van der Waals surface area (Å²) < 4.78 is 0. The smallest absolute Gasteiger partial charge is 0.0898 e. The minimum atomic E-state index is 0.209. The van der Waals surface area contributed by atoms with Crippen molar-refractivity contribution in [2.24, 2.45) is 0 Å². The van der Waals surface area contributed by atoms with E-state index in [2.05, 4.69) is 61.6 Å². The number of rotatable bonds is 4. The van der Waals surface area contributed by atoms with Gasteiger partial charge in [-0.3, -0.25) is 0 Å². The van der Waals surface area contributed by atoms with Crippen LogP contribution in [0.2, 0.25) is 0 Å². The molecular formula is C15H20N2S. The molecule has 1 atom stereocenters. The second-order valence-electron chi connectivity index (χ2n) is 4.64. The zero-order chi connectivity index (χ0) is 13.1. The predicted octanol–water partition coefficient (Wildman–Crippen LogP) is 3.77. The summed E-state index contributed by atoms with van der Waals surface area (Å²) in [5, 5.41) is 6.81. The Balaban J connectivity index is 2.41. The van der Waals surface area contributed by atoms with Gasteiger partial charge in [-0.1, -0.05) is 30.7 Å². The van der Waals surface area contributed by atoms with Crippen molar-refractivity contribution in [3.05, 3.63) is 51.0 Å². The quantitative estimate of drug-likeness (QED) is 0.905. The van der Waals surface area contributed by atoms with Gasteiger partial charge in [0.2, 0.25) is 0 Å². The molecule has 0 saturated heterocycles. The van der Waals surface area contributed by atoms with Crippen molar-refractivity contribution in [1.82, 2.24) is 10.3 Å². The summed E-state index contributed by atoms with van der Waals surface area (Å²) in [5.41, 5.74) is 5.09. The van der Waals surface area contributed by atoms with Crippen LogP contribution in [-0.4, -0.2) is 11.5 Å². The summed E-state index contributed by atoms with van der Waals surface area (Å²) in [4.78, 5) is 4.63. The Morgan fingerprint density at radius 2 is 2.06 bits per heavy atom. The average Bonchev–Trinajstić information content (AvgIpc) is 2.73. The zero-order valence-corrected chi connectivity index (χ0v) is 12.3. The normalized spacial score (nSPS) is 12.7. The molecule has 2 rings (SSSR count). The van der Waals surface area contributed by atoms with Crippen molar-refractivity contribution in [1.29, 1.82) is 0 Å². The van der Waals surface area contributed by atoms with Crippen molar-refractivity contribution in [2.75, 3.05) is 6.54 Å². The van der Waals surface area contributed by atoms with Gasteiger partial charge in [0.05, 0.1) is 16.7 Å². The largest absolute Gasteiger partial charge is 0.305 e. The minimum Gasteiger partial charge on any atom is -0.305 e. The van der Waals surface area contributed by atoms with E-state index in [9.17, 15) is 0 Å². The number of benzene rings is 1. The Morgan fingerprint density at radius 1 is 1.28 bits per heavy atom. The van der Waals surface area contributed by atoms with Gasteiger partial charge in [-0.15, -0.1) is 11.3 Å². The summed E-state index contributed by atoms with van der Waals surface area (Å²) in [6.45, 7) is 9.43. The van der Waals surface area contributed by atoms with Crippen LogP contribution in [0.5, 0.6) is 0 Å². The molecule has 1 aromatic carbocycles. The molecule has 0 aliphatic rings. The van der Waals surface area contributed by atoms with E-state index in [-0.39, 0.29) is 6.04 Å². The van der Waals surface area contributed by atoms with Crippen LogP contribution in [0.4, 0.5) is 0 Å². The van der Waals surface area contributed by atoms with Crippen LogP contribution in [0.15, 0.2) is 23.6 Å². The van der Waals surface area contributed by atoms with Crippen LogP contribution < -0.4 is 5.32 Å². The van der Waals surface area contributed by atoms with Gasteiger partial charge in [-0.05, 0) is 38.4 Å². The van der Waals surface area contributed by atoms with E-state index in [4.69, 9.17) is 0 Å². The molecule has 18 heavy (non-hydrogen) atoms. The molecule has 1 N–H and O–H groups in total. The monoisotopic (exact) mass is 260 g/mol. The molecule has 2 aromatic rings. The molecule has 3 heteroatoms. The third-order valence-corrected chi connectivity index (χ3v) is 3.87. The van der Waals surface area contributed by atoms with Gasteiger partial charge in [0.25, 0.3) is 0 Å². The highest BCUT2D eigenvalue weighted by Gasteiger charge is 2.17. The second-order valence-corrected chi connectivity index (χ2v) is 5.70. The van der Waals surface area contributed by atoms with Crippen molar-refractivity contribution in [2.45, 2.75) is 33.7 Å². The number of aromatic nitrogens is 1. The van der Waals surface area contributed by atoms with E-state index in [0.29, 0.717) is 0 Å². The Bertz CT molecular complexity index is 531. The second kappa shape index (κ2) is 5.63. The molecular weight excluding hydrogens is 240 g/mol. The van der Waals surface area contributed by atoms with E-state index in [0.717, 1.165) is 17.2 Å². The van der Waals surface area contributed by atoms with Crippen molar-refractivity contribution < 1.29 is 0 Å². The number of nitrogens with zero attached hydrogens (tertiary/aromatic N) is 1. The molecule has 0 bridgehead atoms. The maximum absolute atomic E-state index is 4.63. The highest BCUT2D eigenvalue weighted by atomic mass is 32.1. The van der Waals surface area contributed by atoms with Crippen LogP contribution >= 0.6 is 11.3 Å². The molecule has 0 aliphatic carbocycles. The van der Waals surface area contributed by atoms with Gasteiger partial charge in [0.1, 0.15) is 0 Å². The molecule has 1 unspecified atom stereocenters. The van der Waals surface area contributed by atoms with E-state index in [1.807, 2.05) is 0 Å². The molecule has 96 valence electrons. The minimum absolute atomic E-state index is 0.209. The first-order valence-electron chi connectivity index (χ1n) is 6.34. The molecule has 0 fully saturated rings. The molecule has 1 heterocycles. The lowest BCUT2D eigenvalue weighted by molar-refractivity contribution is 0.615. The summed E-state index contributed by atoms with van der Waals surface area (Å²) in [6.07, 6.45) is 0. The maximum Gasteiger partial charge on any atom is 0.0898 e. The number of hydrogen-bond donors (Lipinski definition) is 1. The lowest BCUT2D eigenvalue weighted by Gasteiger charge is -2.19. The average molecular weight is 260 g/mol. The topological polar surface area (TPSA) is 24.9 Å². The summed E-state index contributed by atoms with van der Waals surface area (Å²) in [5.74, 6) is 0. The van der Waals surface area contributed by atoms with Crippen molar-refractivity contribution in [3.8, 4) is 0 Å². The fraction of sp³-hybridized carbons (Fsp3) is 0.400. The van der Waals surface area contributed by atoms with E-state index in [1.54, 1.807) is 11.3 Å². The highest BCUT2D eigenvalue weighted by molar-refractivity contribution is 7.09. The van der Waals surface area contributed by atoms with Crippen LogP contribution in [0.25, 0.3) is 0 Å². The predicted molar refractivity (Wildman–Crippen MR) is 78.3 cm³/mol. The SMILES string of the molecule is CCNC(c1csc(C)n1)c1ccc(C)cc1C. The zero-order valence-electron chi connectivity index (χ0n) is 11.4. The van der Waals surface area contributed by atoms with Crippen LogP contribution in [0, 0.1) is 20.8 Å². The Kier molecular flexibility index (Phi) is 4.15. The van der Waals surface area contributed by atoms with Gasteiger partial charge in [-0.2, -0.15) is 0 Å². The number of hydrogen-bond acceptors (Lipinski definition) is 3. The Hall–Kier alpha value is -1.19. The highest BCUT2D eigenvalue weighted by Crippen LogP contribution is 2.26. The van der Waals surface area contributed by atoms with Crippen molar-refractivity contribution >= 4 is 11.3 Å². The Labute approximate surface area is 113 Å². The third kappa shape index (κ3) is 2.79. The number of thiazole rings is 1. The summed E-state index contributed by atoms with van der Waals surface area (Å²) in [7, 11) is 0. The maximum atomic E-state index is 4.63. The van der Waals surface area contributed by atoms with Gasteiger partial charge in [0, 0.05) is 5.38 Å². The molecule has 0 saturated carbocycles. The van der Waals surface area contributed by atoms with E-state index < -0.39 is 0 Å². The molecule has 0 radical (unpaired) electrons. The lowest BCUT2D eigenvalue weighted by atomic mass is 9.97. The van der Waals surface area contributed by atoms with Crippen molar-refractivity contribution in [3.63, 3.8) is 0 Å². The molecule has 0 spiro atoms. The van der Waals surface area contributed by atoms with Crippen LogP contribution in [0.1, 0.15) is 40.4 Å². The first-order valence-corrected chi connectivity index (χ1v) is 7.22. The molecule has 2 nitrogen and oxygen atoms in total.